The van der Waals surface area contributed by atoms with Crippen molar-refractivity contribution in [2.75, 3.05) is 0 Å². The molecule has 4 nitrogen and oxygen atoms in total. The molecule has 0 radical (unpaired) electrons. The van der Waals surface area contributed by atoms with E-state index in [1.165, 1.54) is 5.01 Å². The van der Waals surface area contributed by atoms with Gasteiger partial charge in [0.05, 0.1) is 0 Å². The first-order valence-electron chi connectivity index (χ1n) is 4.13. The summed E-state index contributed by atoms with van der Waals surface area (Å²) in [6.45, 7) is 9.92. The van der Waals surface area contributed by atoms with Gasteiger partial charge in [-0.15, -0.1) is 0 Å². The lowest BCUT2D eigenvalue weighted by atomic mass is 10.1. The molecular formula is C8H19N3O. The van der Waals surface area contributed by atoms with E-state index in [9.17, 15) is 4.79 Å². The Balaban J connectivity index is 3.81. The Labute approximate surface area is 74.3 Å². The second kappa shape index (κ2) is 4.42. The molecule has 0 fully saturated rings. The monoisotopic (exact) mass is 173 g/mol. The Hall–Kier alpha value is -0.610. The molecule has 0 atom stereocenters. The van der Waals surface area contributed by atoms with Gasteiger partial charge in [0, 0.05) is 11.6 Å². The van der Waals surface area contributed by atoms with Gasteiger partial charge in [-0.1, -0.05) is 0 Å². The molecule has 0 bridgehead atoms. The van der Waals surface area contributed by atoms with Gasteiger partial charge in [-0.3, -0.25) is 9.80 Å². The Morgan fingerprint density at radius 3 is 2.08 bits per heavy atom. The Bertz CT molecular complexity index is 140. The molecule has 1 amide bonds. The molecule has 0 aliphatic carbocycles. The molecule has 0 aliphatic heterocycles. The van der Waals surface area contributed by atoms with Crippen LogP contribution in [0.4, 0.5) is 0 Å². The first-order chi connectivity index (χ1) is 5.37. The predicted octanol–water partition coefficient (Wildman–Crippen LogP) is 0.661. The van der Waals surface area contributed by atoms with Crippen molar-refractivity contribution in [1.29, 1.82) is 0 Å². The normalized spacial score (nSPS) is 11.8. The highest BCUT2D eigenvalue weighted by molar-refractivity contribution is 5.46. The van der Waals surface area contributed by atoms with Crippen LogP contribution in [0.2, 0.25) is 0 Å². The lowest BCUT2D eigenvalue weighted by Crippen LogP contribution is -2.55. The summed E-state index contributed by atoms with van der Waals surface area (Å²) in [4.78, 5) is 10.5. The molecule has 0 rings (SSSR count). The first-order valence-corrected chi connectivity index (χ1v) is 4.13. The summed E-state index contributed by atoms with van der Waals surface area (Å²) in [7, 11) is 0. The van der Waals surface area contributed by atoms with E-state index in [1.807, 2.05) is 34.6 Å². The SMILES string of the molecule is CC(C)N(C=O)NNC(C)(C)C. The molecule has 0 aromatic rings. The summed E-state index contributed by atoms with van der Waals surface area (Å²) in [5.74, 6) is 0. The van der Waals surface area contributed by atoms with Crippen molar-refractivity contribution in [3.8, 4) is 0 Å². The van der Waals surface area contributed by atoms with Gasteiger partial charge in [0.1, 0.15) is 0 Å². The molecule has 12 heavy (non-hydrogen) atoms. The number of carbonyl (C=O) groups is 1. The van der Waals surface area contributed by atoms with Crippen LogP contribution in [0.5, 0.6) is 0 Å². The molecule has 0 aromatic carbocycles. The summed E-state index contributed by atoms with van der Waals surface area (Å²) in [5, 5.41) is 1.48. The minimum atomic E-state index is -0.0455. The van der Waals surface area contributed by atoms with Gasteiger partial charge in [-0.2, -0.15) is 5.53 Å². The lowest BCUT2D eigenvalue weighted by Gasteiger charge is -2.28. The van der Waals surface area contributed by atoms with E-state index < -0.39 is 0 Å². The zero-order chi connectivity index (χ0) is 9.78. The number of hydrogen-bond acceptors (Lipinski definition) is 3. The fraction of sp³-hybridized carbons (Fsp3) is 0.875. The Kier molecular flexibility index (Phi) is 4.20. The van der Waals surface area contributed by atoms with Crippen molar-refractivity contribution >= 4 is 6.41 Å². The van der Waals surface area contributed by atoms with E-state index in [4.69, 9.17) is 0 Å². The topological polar surface area (TPSA) is 44.4 Å². The van der Waals surface area contributed by atoms with E-state index in [-0.39, 0.29) is 11.6 Å². The minimum absolute atomic E-state index is 0.0455. The molecule has 0 saturated carbocycles. The van der Waals surface area contributed by atoms with Crippen molar-refractivity contribution in [3.63, 3.8) is 0 Å². The number of nitrogens with one attached hydrogen (secondary N) is 2. The lowest BCUT2D eigenvalue weighted by molar-refractivity contribution is -0.124. The molecule has 2 N–H and O–H groups in total. The molecule has 0 unspecified atom stereocenters. The van der Waals surface area contributed by atoms with Gasteiger partial charge < -0.3 is 0 Å². The van der Waals surface area contributed by atoms with Crippen LogP contribution in [-0.4, -0.2) is 23.0 Å². The van der Waals surface area contributed by atoms with Crippen molar-refractivity contribution in [2.24, 2.45) is 0 Å². The molecule has 0 spiro atoms. The Morgan fingerprint density at radius 1 is 1.33 bits per heavy atom. The van der Waals surface area contributed by atoms with Gasteiger partial charge in [-0.25, -0.2) is 5.43 Å². The highest BCUT2D eigenvalue weighted by Crippen LogP contribution is 1.96. The van der Waals surface area contributed by atoms with E-state index in [0.717, 1.165) is 6.41 Å². The van der Waals surface area contributed by atoms with Crippen LogP contribution >= 0.6 is 0 Å². The quantitative estimate of drug-likeness (QED) is 0.485. The summed E-state index contributed by atoms with van der Waals surface area (Å²) in [6.07, 6.45) is 0.767. The van der Waals surface area contributed by atoms with Gasteiger partial charge in [0.25, 0.3) is 0 Å². The van der Waals surface area contributed by atoms with E-state index >= 15 is 0 Å². The maximum Gasteiger partial charge on any atom is 0.225 e. The van der Waals surface area contributed by atoms with E-state index in [0.29, 0.717) is 0 Å². The number of hydrogen-bond donors (Lipinski definition) is 2. The van der Waals surface area contributed by atoms with Crippen LogP contribution in [-0.2, 0) is 4.79 Å². The predicted molar refractivity (Wildman–Crippen MR) is 49.1 cm³/mol. The summed E-state index contributed by atoms with van der Waals surface area (Å²) in [5.41, 5.74) is 5.78. The van der Waals surface area contributed by atoms with E-state index in [1.54, 1.807) is 0 Å². The van der Waals surface area contributed by atoms with Crippen LogP contribution in [0.1, 0.15) is 34.6 Å². The maximum absolute atomic E-state index is 10.5. The van der Waals surface area contributed by atoms with Crippen molar-refractivity contribution in [3.05, 3.63) is 0 Å². The molecule has 0 aromatic heterocycles. The fourth-order valence-corrected chi connectivity index (χ4v) is 0.509. The number of rotatable bonds is 4. The highest BCUT2D eigenvalue weighted by atomic mass is 16.1. The smallest absolute Gasteiger partial charge is 0.225 e. The number of hydrazine groups is 2. The van der Waals surface area contributed by atoms with Crippen LogP contribution in [0.15, 0.2) is 0 Å². The van der Waals surface area contributed by atoms with Crippen molar-refractivity contribution in [1.82, 2.24) is 16.0 Å². The average molecular weight is 173 g/mol. The highest BCUT2D eigenvalue weighted by Gasteiger charge is 2.11. The Morgan fingerprint density at radius 2 is 1.83 bits per heavy atom. The zero-order valence-corrected chi connectivity index (χ0v) is 8.51. The molecule has 0 aliphatic rings. The van der Waals surface area contributed by atoms with Gasteiger partial charge >= 0.3 is 0 Å². The first kappa shape index (κ1) is 11.4. The van der Waals surface area contributed by atoms with Gasteiger partial charge in [-0.05, 0) is 34.6 Å². The second-order valence-corrected chi connectivity index (χ2v) is 4.09. The third kappa shape index (κ3) is 5.09. The molecule has 72 valence electrons. The van der Waals surface area contributed by atoms with Crippen LogP contribution in [0.25, 0.3) is 0 Å². The average Bonchev–Trinajstić information content (AvgIpc) is 1.85. The largest absolute Gasteiger partial charge is 0.277 e. The zero-order valence-electron chi connectivity index (χ0n) is 8.51. The maximum atomic E-state index is 10.5. The minimum Gasteiger partial charge on any atom is -0.277 e. The number of carbonyl (C=O) groups excluding carboxylic acids is 1. The fourth-order valence-electron chi connectivity index (χ4n) is 0.509. The second-order valence-electron chi connectivity index (χ2n) is 4.09. The van der Waals surface area contributed by atoms with Crippen LogP contribution in [0, 0.1) is 0 Å². The van der Waals surface area contributed by atoms with Gasteiger partial charge in [0.15, 0.2) is 0 Å². The summed E-state index contributed by atoms with van der Waals surface area (Å²) >= 11 is 0. The third-order valence-corrected chi connectivity index (χ3v) is 1.23. The summed E-state index contributed by atoms with van der Waals surface area (Å²) < 4.78 is 0. The van der Waals surface area contributed by atoms with Gasteiger partial charge in [0.2, 0.25) is 6.41 Å². The standard InChI is InChI=1S/C8H19N3O/c1-7(2)11(6-12)10-9-8(3,4)5/h6-7,9-10H,1-5H3. The number of nitrogens with zero attached hydrogens (tertiary/aromatic N) is 1. The molecule has 4 heteroatoms. The van der Waals surface area contributed by atoms with Crippen LogP contribution < -0.4 is 11.0 Å². The number of amides is 1. The van der Waals surface area contributed by atoms with Crippen molar-refractivity contribution in [2.45, 2.75) is 46.2 Å². The molecule has 0 saturated heterocycles. The van der Waals surface area contributed by atoms with Crippen LogP contribution in [0.3, 0.4) is 0 Å². The van der Waals surface area contributed by atoms with Crippen molar-refractivity contribution < 1.29 is 4.79 Å². The molecule has 0 heterocycles. The summed E-state index contributed by atoms with van der Waals surface area (Å²) in [6, 6.07) is 0.150. The third-order valence-electron chi connectivity index (χ3n) is 1.23. The van der Waals surface area contributed by atoms with E-state index in [2.05, 4.69) is 11.0 Å². The molecular weight excluding hydrogens is 154 g/mol.